The molecule has 0 aromatic heterocycles. The van der Waals surface area contributed by atoms with Gasteiger partial charge in [0, 0.05) is 25.2 Å². The summed E-state index contributed by atoms with van der Waals surface area (Å²) in [5, 5.41) is 2.77. The van der Waals surface area contributed by atoms with Gasteiger partial charge in [0.05, 0.1) is 19.8 Å². The number of benzene rings is 2. The number of fused-ring (bicyclic) bond motifs is 1. The molecule has 0 fully saturated rings. The average Bonchev–Trinajstić information content (AvgIpc) is 2.81. The van der Waals surface area contributed by atoms with Crippen LogP contribution < -0.4 is 19.5 Å². The van der Waals surface area contributed by atoms with Crippen molar-refractivity contribution in [3.63, 3.8) is 0 Å². The minimum absolute atomic E-state index is 0.115. The smallest absolute Gasteiger partial charge is 0.260 e. The van der Waals surface area contributed by atoms with Gasteiger partial charge in [-0.25, -0.2) is 0 Å². The normalized spacial score (nSPS) is 12.5. The molecule has 0 unspecified atom stereocenters. The van der Waals surface area contributed by atoms with Crippen molar-refractivity contribution in [2.45, 2.75) is 39.7 Å². The van der Waals surface area contributed by atoms with Crippen LogP contribution >= 0.6 is 0 Å². The van der Waals surface area contributed by atoms with Crippen molar-refractivity contribution >= 4 is 23.3 Å². The lowest BCUT2D eigenvalue weighted by Crippen LogP contribution is -2.39. The van der Waals surface area contributed by atoms with Gasteiger partial charge in [0.1, 0.15) is 5.75 Å². The van der Waals surface area contributed by atoms with Crippen LogP contribution in [0.3, 0.4) is 0 Å². The van der Waals surface area contributed by atoms with E-state index in [-0.39, 0.29) is 24.2 Å². The van der Waals surface area contributed by atoms with Gasteiger partial charge in [-0.15, -0.1) is 0 Å². The van der Waals surface area contributed by atoms with E-state index in [9.17, 15) is 14.4 Å². The van der Waals surface area contributed by atoms with E-state index >= 15 is 0 Å². The van der Waals surface area contributed by atoms with E-state index in [1.807, 2.05) is 19.1 Å². The second kappa shape index (κ2) is 10.8. The molecule has 8 nitrogen and oxygen atoms in total. The molecule has 0 spiro atoms. The third kappa shape index (κ3) is 5.83. The minimum atomic E-state index is -0.211. The Morgan fingerprint density at radius 3 is 2.33 bits per heavy atom. The highest BCUT2D eigenvalue weighted by atomic mass is 16.5. The highest BCUT2D eigenvalue weighted by molar-refractivity contribution is 5.99. The summed E-state index contributed by atoms with van der Waals surface area (Å²) in [6, 6.07) is 8.69. The van der Waals surface area contributed by atoms with Crippen LogP contribution in [-0.4, -0.2) is 49.9 Å². The molecule has 0 saturated heterocycles. The predicted molar refractivity (Wildman–Crippen MR) is 124 cm³/mol. The summed E-state index contributed by atoms with van der Waals surface area (Å²) in [6.07, 6.45) is 1.84. The van der Waals surface area contributed by atoms with Crippen LogP contribution in [0.2, 0.25) is 0 Å². The van der Waals surface area contributed by atoms with Crippen LogP contribution in [0.4, 0.5) is 5.69 Å². The molecule has 0 saturated carbocycles. The zero-order valence-corrected chi connectivity index (χ0v) is 19.5. The first kappa shape index (κ1) is 24.1. The van der Waals surface area contributed by atoms with E-state index in [2.05, 4.69) is 5.32 Å². The fourth-order valence-electron chi connectivity index (χ4n) is 3.79. The molecule has 2 aromatic rings. The molecule has 3 rings (SSSR count). The predicted octanol–water partition coefficient (Wildman–Crippen LogP) is 3.61. The Kier molecular flexibility index (Phi) is 7.92. The number of hydrogen-bond acceptors (Lipinski definition) is 6. The standard InChI is InChI=1S/C25H30N2O6/c1-5-6-24(29)26-19-7-8-21(20(13-19)16(2)28)33-15-25(30)27-10-9-17-11-22(31-3)23(32-4)12-18(17)14-27/h7-8,11-13H,5-6,9-10,14-15H2,1-4H3,(H,26,29). The molecule has 0 bridgehead atoms. The van der Waals surface area contributed by atoms with Crippen molar-refractivity contribution in [1.82, 2.24) is 4.90 Å². The number of Topliss-reactive ketones (excluding diaryl/α,β-unsaturated/α-hetero) is 1. The third-order valence-corrected chi connectivity index (χ3v) is 5.54. The zero-order chi connectivity index (χ0) is 24.0. The number of carbonyl (C=O) groups excluding carboxylic acids is 3. The zero-order valence-electron chi connectivity index (χ0n) is 19.5. The number of ketones is 1. The fourth-order valence-corrected chi connectivity index (χ4v) is 3.79. The molecular weight excluding hydrogens is 424 g/mol. The Hall–Kier alpha value is -3.55. The summed E-state index contributed by atoms with van der Waals surface area (Å²) in [6.45, 7) is 4.16. The number of carbonyl (C=O) groups is 3. The van der Waals surface area contributed by atoms with Gasteiger partial charge in [-0.2, -0.15) is 0 Å². The van der Waals surface area contributed by atoms with Gasteiger partial charge in [-0.3, -0.25) is 14.4 Å². The highest BCUT2D eigenvalue weighted by Crippen LogP contribution is 2.33. The van der Waals surface area contributed by atoms with Crippen molar-refractivity contribution in [2.24, 2.45) is 0 Å². The van der Waals surface area contributed by atoms with Crippen molar-refractivity contribution in [2.75, 3.05) is 32.7 Å². The van der Waals surface area contributed by atoms with Crippen LogP contribution in [0.25, 0.3) is 0 Å². The number of nitrogens with one attached hydrogen (secondary N) is 1. The largest absolute Gasteiger partial charge is 0.493 e. The summed E-state index contributed by atoms with van der Waals surface area (Å²) in [4.78, 5) is 38.5. The number of anilines is 1. The van der Waals surface area contributed by atoms with E-state index in [0.717, 1.165) is 17.5 Å². The fraction of sp³-hybridized carbons (Fsp3) is 0.400. The minimum Gasteiger partial charge on any atom is -0.493 e. The molecule has 0 aliphatic carbocycles. The highest BCUT2D eigenvalue weighted by Gasteiger charge is 2.23. The maximum absolute atomic E-state index is 12.8. The number of amides is 2. The van der Waals surface area contributed by atoms with Crippen LogP contribution in [0.1, 0.15) is 48.2 Å². The lowest BCUT2D eigenvalue weighted by Gasteiger charge is -2.29. The molecule has 0 atom stereocenters. The Morgan fingerprint density at radius 2 is 1.70 bits per heavy atom. The molecule has 2 aromatic carbocycles. The molecule has 2 amide bonds. The van der Waals surface area contributed by atoms with Crippen LogP contribution in [0, 0.1) is 0 Å². The van der Waals surface area contributed by atoms with Gasteiger partial charge in [0.15, 0.2) is 23.9 Å². The summed E-state index contributed by atoms with van der Waals surface area (Å²) in [5.41, 5.74) is 2.97. The van der Waals surface area contributed by atoms with E-state index in [1.165, 1.54) is 6.92 Å². The monoisotopic (exact) mass is 454 g/mol. The van der Waals surface area contributed by atoms with Crippen molar-refractivity contribution in [3.05, 3.63) is 47.0 Å². The lowest BCUT2D eigenvalue weighted by atomic mass is 9.99. The molecule has 176 valence electrons. The first-order valence-corrected chi connectivity index (χ1v) is 11.0. The number of hydrogen-bond donors (Lipinski definition) is 1. The summed E-state index contributed by atoms with van der Waals surface area (Å²) in [5.74, 6) is 1.11. The molecule has 1 aliphatic rings. The number of methoxy groups -OCH3 is 2. The van der Waals surface area contributed by atoms with Gasteiger partial charge >= 0.3 is 0 Å². The Balaban J connectivity index is 1.67. The van der Waals surface area contributed by atoms with Crippen LogP contribution in [0.15, 0.2) is 30.3 Å². The molecule has 33 heavy (non-hydrogen) atoms. The second-order valence-electron chi connectivity index (χ2n) is 7.90. The van der Waals surface area contributed by atoms with Crippen LogP contribution in [-0.2, 0) is 22.6 Å². The molecule has 1 N–H and O–H groups in total. The first-order chi connectivity index (χ1) is 15.9. The van der Waals surface area contributed by atoms with Crippen molar-refractivity contribution in [1.29, 1.82) is 0 Å². The van der Waals surface area contributed by atoms with E-state index < -0.39 is 0 Å². The first-order valence-electron chi connectivity index (χ1n) is 11.0. The Bertz CT molecular complexity index is 1050. The number of rotatable bonds is 9. The number of ether oxygens (including phenoxy) is 3. The second-order valence-corrected chi connectivity index (χ2v) is 7.90. The molecule has 8 heteroatoms. The number of nitrogens with zero attached hydrogens (tertiary/aromatic N) is 1. The van der Waals surface area contributed by atoms with Crippen LogP contribution in [0.5, 0.6) is 17.2 Å². The third-order valence-electron chi connectivity index (χ3n) is 5.54. The molecular formula is C25H30N2O6. The molecule has 1 aliphatic heterocycles. The lowest BCUT2D eigenvalue weighted by molar-refractivity contribution is -0.134. The summed E-state index contributed by atoms with van der Waals surface area (Å²) < 4.78 is 16.5. The van der Waals surface area contributed by atoms with E-state index in [1.54, 1.807) is 37.3 Å². The quantitative estimate of drug-likeness (QED) is 0.582. The average molecular weight is 455 g/mol. The summed E-state index contributed by atoms with van der Waals surface area (Å²) in [7, 11) is 3.18. The van der Waals surface area contributed by atoms with Gasteiger partial charge in [-0.05, 0) is 61.2 Å². The van der Waals surface area contributed by atoms with Crippen molar-refractivity contribution in [3.8, 4) is 17.2 Å². The maximum atomic E-state index is 12.8. The topological polar surface area (TPSA) is 94.2 Å². The van der Waals surface area contributed by atoms with Gasteiger partial charge in [0.25, 0.3) is 5.91 Å². The van der Waals surface area contributed by atoms with E-state index in [0.29, 0.717) is 54.4 Å². The van der Waals surface area contributed by atoms with Gasteiger partial charge in [0.2, 0.25) is 5.91 Å². The maximum Gasteiger partial charge on any atom is 0.260 e. The van der Waals surface area contributed by atoms with Gasteiger partial charge in [-0.1, -0.05) is 6.92 Å². The summed E-state index contributed by atoms with van der Waals surface area (Å²) >= 11 is 0. The SMILES string of the molecule is CCCC(=O)Nc1ccc(OCC(=O)N2CCc3cc(OC)c(OC)cc3C2)c(C(C)=O)c1. The van der Waals surface area contributed by atoms with Gasteiger partial charge < -0.3 is 24.4 Å². The molecule has 0 radical (unpaired) electrons. The van der Waals surface area contributed by atoms with E-state index in [4.69, 9.17) is 14.2 Å². The van der Waals surface area contributed by atoms with Crippen molar-refractivity contribution < 1.29 is 28.6 Å². The Labute approximate surface area is 193 Å². The Morgan fingerprint density at radius 1 is 1.00 bits per heavy atom. The molecule has 1 heterocycles.